The summed E-state index contributed by atoms with van der Waals surface area (Å²) in [5, 5.41) is 7.77. The van der Waals surface area contributed by atoms with Gasteiger partial charge in [0.05, 0.1) is 17.6 Å². The van der Waals surface area contributed by atoms with Crippen molar-refractivity contribution in [2.24, 2.45) is 0 Å². The van der Waals surface area contributed by atoms with Crippen molar-refractivity contribution in [3.63, 3.8) is 0 Å². The molecule has 3 aromatic rings. The number of amides is 1. The van der Waals surface area contributed by atoms with Gasteiger partial charge in [0.15, 0.2) is 0 Å². The number of nitrogens with one attached hydrogen (secondary N) is 1. The maximum Gasteiger partial charge on any atom is 0.253 e. The predicted octanol–water partition coefficient (Wildman–Crippen LogP) is 3.36. The summed E-state index contributed by atoms with van der Waals surface area (Å²) in [6.45, 7) is 1.58. The van der Waals surface area contributed by atoms with Crippen LogP contribution in [0.3, 0.4) is 0 Å². The van der Waals surface area contributed by atoms with Gasteiger partial charge in [-0.05, 0) is 44.2 Å². The molecule has 1 atom stereocenters. The monoisotopic (exact) mass is 360 g/mol. The molecule has 0 aliphatic carbocycles. The molecule has 0 saturated carbocycles. The maximum atomic E-state index is 13.0. The topological polar surface area (TPSA) is 50.2 Å². The molecule has 0 spiro atoms. The van der Waals surface area contributed by atoms with E-state index in [9.17, 15) is 4.79 Å². The lowest BCUT2D eigenvalue weighted by Crippen LogP contribution is -2.46. The fraction of sp³-hybridized carbons (Fsp3) is 0.273. The zero-order valence-electron chi connectivity index (χ0n) is 15.5. The van der Waals surface area contributed by atoms with E-state index in [1.54, 1.807) is 6.20 Å². The van der Waals surface area contributed by atoms with Crippen molar-refractivity contribution < 1.29 is 4.79 Å². The summed E-state index contributed by atoms with van der Waals surface area (Å²) in [5.74, 6) is 0.0882. The molecule has 1 unspecified atom stereocenters. The molecule has 1 aliphatic heterocycles. The Kier molecular flexibility index (Phi) is 5.03. The van der Waals surface area contributed by atoms with Gasteiger partial charge in [-0.25, -0.2) is 4.68 Å². The molecular weight excluding hydrogens is 336 g/mol. The smallest absolute Gasteiger partial charge is 0.253 e. The Labute approximate surface area is 159 Å². The van der Waals surface area contributed by atoms with Gasteiger partial charge in [-0.1, -0.05) is 36.4 Å². The normalized spacial score (nSPS) is 17.1. The van der Waals surface area contributed by atoms with Crippen LogP contribution in [0.5, 0.6) is 0 Å². The number of likely N-dealkylation sites (N-methyl/N-ethyl adjacent to an activating group) is 1. The average Bonchev–Trinajstić information content (AvgIpc) is 3.24. The highest BCUT2D eigenvalue weighted by Gasteiger charge is 2.23. The van der Waals surface area contributed by atoms with Crippen LogP contribution in [0.15, 0.2) is 66.9 Å². The summed E-state index contributed by atoms with van der Waals surface area (Å²) in [6, 6.07) is 20.3. The summed E-state index contributed by atoms with van der Waals surface area (Å²) in [4.78, 5) is 15.0. The minimum Gasteiger partial charge on any atom is -0.337 e. The molecule has 1 amide bonds. The van der Waals surface area contributed by atoms with E-state index in [1.807, 2.05) is 65.2 Å². The van der Waals surface area contributed by atoms with Crippen molar-refractivity contribution in [3.8, 4) is 16.9 Å². The van der Waals surface area contributed by atoms with Gasteiger partial charge in [0.25, 0.3) is 5.91 Å². The Bertz CT molecular complexity index is 919. The maximum absolute atomic E-state index is 13.0. The van der Waals surface area contributed by atoms with E-state index in [2.05, 4.69) is 22.5 Å². The van der Waals surface area contributed by atoms with Gasteiger partial charge >= 0.3 is 0 Å². The minimum atomic E-state index is 0.0882. The van der Waals surface area contributed by atoms with Crippen molar-refractivity contribution in [2.45, 2.75) is 18.9 Å². The third kappa shape index (κ3) is 3.64. The molecule has 1 N–H and O–H groups in total. The largest absolute Gasteiger partial charge is 0.337 e. The van der Waals surface area contributed by atoms with Crippen LogP contribution in [0.1, 0.15) is 23.2 Å². The first-order valence-corrected chi connectivity index (χ1v) is 9.42. The third-order valence-corrected chi connectivity index (χ3v) is 5.17. The first kappa shape index (κ1) is 17.5. The minimum absolute atomic E-state index is 0.0882. The summed E-state index contributed by atoms with van der Waals surface area (Å²) in [7, 11) is 1.96. The van der Waals surface area contributed by atoms with Crippen LogP contribution in [0.2, 0.25) is 0 Å². The molecule has 0 radical (unpaired) electrons. The Morgan fingerprint density at radius 2 is 1.96 bits per heavy atom. The molecule has 5 nitrogen and oxygen atoms in total. The summed E-state index contributed by atoms with van der Waals surface area (Å²) >= 11 is 0. The number of carbonyl (C=O) groups excluding carboxylic acids is 1. The van der Waals surface area contributed by atoms with Crippen LogP contribution >= 0.6 is 0 Å². The second-order valence-electron chi connectivity index (χ2n) is 6.92. The molecule has 1 aliphatic rings. The predicted molar refractivity (Wildman–Crippen MR) is 107 cm³/mol. The van der Waals surface area contributed by atoms with E-state index in [0.717, 1.165) is 42.9 Å². The second-order valence-corrected chi connectivity index (χ2v) is 6.92. The first-order valence-electron chi connectivity index (χ1n) is 9.42. The molecule has 2 heterocycles. The van der Waals surface area contributed by atoms with Crippen LogP contribution in [-0.4, -0.2) is 46.8 Å². The standard InChI is InChI=1S/C22H24N4O/c1-23-19-10-6-14-25(16-19)22(27)18-9-5-11-20(15-18)26-21(12-13-24-26)17-7-3-2-4-8-17/h2-5,7-9,11-13,15,19,23H,6,10,14,16H2,1H3. The van der Waals surface area contributed by atoms with Crippen LogP contribution in [0, 0.1) is 0 Å². The fourth-order valence-electron chi connectivity index (χ4n) is 3.69. The van der Waals surface area contributed by atoms with Gasteiger partial charge in [0.1, 0.15) is 0 Å². The summed E-state index contributed by atoms with van der Waals surface area (Å²) in [5.41, 5.74) is 3.71. The molecule has 2 aromatic carbocycles. The van der Waals surface area contributed by atoms with Gasteiger partial charge in [-0.15, -0.1) is 0 Å². The first-order chi connectivity index (χ1) is 13.3. The zero-order valence-corrected chi connectivity index (χ0v) is 15.5. The SMILES string of the molecule is CNC1CCCN(C(=O)c2cccc(-n3nccc3-c3ccccc3)c2)C1. The van der Waals surface area contributed by atoms with Crippen molar-refractivity contribution in [2.75, 3.05) is 20.1 Å². The van der Waals surface area contributed by atoms with E-state index in [-0.39, 0.29) is 5.91 Å². The lowest BCUT2D eigenvalue weighted by Gasteiger charge is -2.32. The summed E-state index contributed by atoms with van der Waals surface area (Å²) in [6.07, 6.45) is 3.95. The van der Waals surface area contributed by atoms with E-state index in [1.165, 1.54) is 0 Å². The number of hydrogen-bond acceptors (Lipinski definition) is 3. The number of likely N-dealkylation sites (tertiary alicyclic amines) is 1. The van der Waals surface area contributed by atoms with Crippen molar-refractivity contribution in [1.29, 1.82) is 0 Å². The number of benzene rings is 2. The molecule has 1 fully saturated rings. The molecule has 1 saturated heterocycles. The van der Waals surface area contributed by atoms with Gasteiger partial charge in [-0.3, -0.25) is 4.79 Å². The molecule has 138 valence electrons. The van der Waals surface area contributed by atoms with Crippen molar-refractivity contribution in [1.82, 2.24) is 20.0 Å². The number of rotatable bonds is 4. The van der Waals surface area contributed by atoms with Gasteiger partial charge < -0.3 is 10.2 Å². The Hall–Kier alpha value is -2.92. The third-order valence-electron chi connectivity index (χ3n) is 5.17. The molecule has 27 heavy (non-hydrogen) atoms. The second kappa shape index (κ2) is 7.76. The van der Waals surface area contributed by atoms with Crippen LogP contribution in [0.25, 0.3) is 16.9 Å². The summed E-state index contributed by atoms with van der Waals surface area (Å²) < 4.78 is 1.89. The zero-order chi connectivity index (χ0) is 18.6. The molecule has 1 aromatic heterocycles. The number of carbonyl (C=O) groups is 1. The highest BCUT2D eigenvalue weighted by molar-refractivity contribution is 5.95. The van der Waals surface area contributed by atoms with Gasteiger partial charge in [0.2, 0.25) is 0 Å². The van der Waals surface area contributed by atoms with E-state index < -0.39 is 0 Å². The van der Waals surface area contributed by atoms with E-state index in [0.29, 0.717) is 11.6 Å². The van der Waals surface area contributed by atoms with E-state index >= 15 is 0 Å². The highest BCUT2D eigenvalue weighted by Crippen LogP contribution is 2.23. The molecule has 0 bridgehead atoms. The molecular formula is C22H24N4O. The van der Waals surface area contributed by atoms with Gasteiger partial charge in [0, 0.05) is 30.3 Å². The Balaban J connectivity index is 1.62. The van der Waals surface area contributed by atoms with Crippen LogP contribution in [-0.2, 0) is 0 Å². The lowest BCUT2D eigenvalue weighted by molar-refractivity contribution is 0.0698. The number of hydrogen-bond donors (Lipinski definition) is 1. The van der Waals surface area contributed by atoms with E-state index in [4.69, 9.17) is 0 Å². The van der Waals surface area contributed by atoms with Crippen molar-refractivity contribution >= 4 is 5.91 Å². The quantitative estimate of drug-likeness (QED) is 0.776. The fourth-order valence-corrected chi connectivity index (χ4v) is 3.69. The number of nitrogens with zero attached hydrogens (tertiary/aromatic N) is 3. The molecule has 4 rings (SSSR count). The number of piperidine rings is 1. The van der Waals surface area contributed by atoms with Gasteiger partial charge in [-0.2, -0.15) is 5.10 Å². The Morgan fingerprint density at radius 1 is 1.11 bits per heavy atom. The van der Waals surface area contributed by atoms with Crippen LogP contribution < -0.4 is 5.32 Å². The van der Waals surface area contributed by atoms with Crippen LogP contribution in [0.4, 0.5) is 0 Å². The Morgan fingerprint density at radius 3 is 2.78 bits per heavy atom. The lowest BCUT2D eigenvalue weighted by atomic mass is 10.0. The number of aromatic nitrogens is 2. The highest BCUT2D eigenvalue weighted by atomic mass is 16.2. The average molecular weight is 360 g/mol. The van der Waals surface area contributed by atoms with Crippen molar-refractivity contribution in [3.05, 3.63) is 72.4 Å². The molecule has 5 heteroatoms.